The van der Waals surface area contributed by atoms with Crippen LogP contribution in [0.4, 0.5) is 4.39 Å². The standard InChI is InChI=1S/C17H18FN3O2/c18-13-9-19-6-3-12(13)15-1-2-16(23-15)17(22)20-14-10-21-7-4-11(14)5-8-21/h1-3,6,9,11,14H,4-5,7-8,10H2,(H,20,22)/t14-/m0/s1. The van der Waals surface area contributed by atoms with E-state index in [2.05, 4.69) is 15.2 Å². The lowest BCUT2D eigenvalue weighted by Gasteiger charge is -2.44. The minimum atomic E-state index is -0.466. The van der Waals surface area contributed by atoms with Gasteiger partial charge in [0, 0.05) is 18.8 Å². The van der Waals surface area contributed by atoms with Gasteiger partial charge in [0.25, 0.3) is 5.91 Å². The van der Waals surface area contributed by atoms with Crippen LogP contribution in [-0.2, 0) is 0 Å². The van der Waals surface area contributed by atoms with Crippen LogP contribution in [0.2, 0.25) is 0 Å². The largest absolute Gasteiger partial charge is 0.451 e. The summed E-state index contributed by atoms with van der Waals surface area (Å²) in [5, 5.41) is 3.07. The smallest absolute Gasteiger partial charge is 0.287 e. The van der Waals surface area contributed by atoms with Crippen molar-refractivity contribution in [3.05, 3.63) is 42.2 Å². The molecule has 6 heteroatoms. The number of aromatic nitrogens is 1. The number of hydrogen-bond acceptors (Lipinski definition) is 4. The molecule has 0 aliphatic carbocycles. The molecule has 23 heavy (non-hydrogen) atoms. The Kier molecular flexibility index (Phi) is 3.61. The van der Waals surface area contributed by atoms with E-state index in [0.29, 0.717) is 17.2 Å². The Morgan fingerprint density at radius 2 is 2.13 bits per heavy atom. The Morgan fingerprint density at radius 1 is 1.30 bits per heavy atom. The number of nitrogens with one attached hydrogen (secondary N) is 1. The fourth-order valence-corrected chi connectivity index (χ4v) is 3.55. The first-order valence-electron chi connectivity index (χ1n) is 7.93. The number of halogens is 1. The van der Waals surface area contributed by atoms with E-state index in [-0.39, 0.29) is 17.7 Å². The topological polar surface area (TPSA) is 58.4 Å². The highest BCUT2D eigenvalue weighted by Crippen LogP contribution is 2.28. The third-order valence-corrected chi connectivity index (χ3v) is 4.84. The van der Waals surface area contributed by atoms with Gasteiger partial charge in [-0.1, -0.05) is 0 Å². The summed E-state index contributed by atoms with van der Waals surface area (Å²) in [6, 6.07) is 4.91. The maximum atomic E-state index is 13.7. The van der Waals surface area contributed by atoms with Crippen molar-refractivity contribution in [2.45, 2.75) is 18.9 Å². The number of pyridine rings is 1. The maximum absolute atomic E-state index is 13.7. The zero-order valence-corrected chi connectivity index (χ0v) is 12.7. The van der Waals surface area contributed by atoms with Gasteiger partial charge in [-0.2, -0.15) is 0 Å². The summed E-state index contributed by atoms with van der Waals surface area (Å²) in [7, 11) is 0. The second kappa shape index (κ2) is 5.77. The summed E-state index contributed by atoms with van der Waals surface area (Å²) in [6.07, 6.45) is 4.89. The van der Waals surface area contributed by atoms with Crippen molar-refractivity contribution in [2.75, 3.05) is 19.6 Å². The number of piperidine rings is 3. The molecule has 3 aliphatic heterocycles. The molecule has 3 aliphatic rings. The maximum Gasteiger partial charge on any atom is 0.287 e. The molecular formula is C17H18FN3O2. The Morgan fingerprint density at radius 3 is 2.83 bits per heavy atom. The van der Waals surface area contributed by atoms with Crippen LogP contribution >= 0.6 is 0 Å². The van der Waals surface area contributed by atoms with Crippen molar-refractivity contribution in [1.29, 1.82) is 0 Å². The van der Waals surface area contributed by atoms with Gasteiger partial charge in [0.1, 0.15) is 5.76 Å². The molecule has 5 nitrogen and oxygen atoms in total. The number of carbonyl (C=O) groups is 1. The van der Waals surface area contributed by atoms with Crippen LogP contribution in [0.1, 0.15) is 23.4 Å². The lowest BCUT2D eigenvalue weighted by Crippen LogP contribution is -2.57. The third kappa shape index (κ3) is 2.74. The van der Waals surface area contributed by atoms with E-state index in [1.165, 1.54) is 12.3 Å². The van der Waals surface area contributed by atoms with Crippen molar-refractivity contribution in [3.63, 3.8) is 0 Å². The molecule has 3 fully saturated rings. The molecule has 0 unspecified atom stereocenters. The highest BCUT2D eigenvalue weighted by atomic mass is 19.1. The van der Waals surface area contributed by atoms with Crippen molar-refractivity contribution in [2.24, 2.45) is 5.92 Å². The van der Waals surface area contributed by atoms with Crippen molar-refractivity contribution >= 4 is 5.91 Å². The summed E-state index contributed by atoms with van der Waals surface area (Å²) in [5.74, 6) is 0.406. The van der Waals surface area contributed by atoms with Crippen molar-refractivity contribution < 1.29 is 13.6 Å². The molecule has 120 valence electrons. The molecule has 2 aromatic heterocycles. The molecule has 2 bridgehead atoms. The number of nitrogens with zero attached hydrogens (tertiary/aromatic N) is 2. The van der Waals surface area contributed by atoms with E-state index >= 15 is 0 Å². The Balaban J connectivity index is 1.48. The van der Waals surface area contributed by atoms with Crippen molar-refractivity contribution in [3.8, 4) is 11.3 Å². The van der Waals surface area contributed by atoms with Crippen LogP contribution < -0.4 is 5.32 Å². The highest BCUT2D eigenvalue weighted by Gasteiger charge is 2.35. The van der Waals surface area contributed by atoms with E-state index < -0.39 is 5.82 Å². The monoisotopic (exact) mass is 315 g/mol. The summed E-state index contributed by atoms with van der Waals surface area (Å²) < 4.78 is 19.3. The van der Waals surface area contributed by atoms with Gasteiger partial charge < -0.3 is 14.6 Å². The van der Waals surface area contributed by atoms with Gasteiger partial charge in [-0.05, 0) is 50.0 Å². The van der Waals surface area contributed by atoms with Crippen LogP contribution in [0.3, 0.4) is 0 Å². The van der Waals surface area contributed by atoms with E-state index in [4.69, 9.17) is 4.42 Å². The van der Waals surface area contributed by atoms with Crippen LogP contribution in [0.15, 0.2) is 35.0 Å². The molecule has 0 saturated carbocycles. The average Bonchev–Trinajstić information content (AvgIpc) is 3.06. The van der Waals surface area contributed by atoms with Crippen LogP contribution in [0, 0.1) is 11.7 Å². The molecule has 1 N–H and O–H groups in total. The van der Waals surface area contributed by atoms with Gasteiger partial charge in [0.2, 0.25) is 0 Å². The molecule has 2 aromatic rings. The van der Waals surface area contributed by atoms with Crippen LogP contribution in [0.25, 0.3) is 11.3 Å². The minimum Gasteiger partial charge on any atom is -0.451 e. The van der Waals surface area contributed by atoms with Gasteiger partial charge in [-0.15, -0.1) is 0 Å². The lowest BCUT2D eigenvalue weighted by molar-refractivity contribution is 0.0606. The van der Waals surface area contributed by atoms with Gasteiger partial charge >= 0.3 is 0 Å². The Hall–Kier alpha value is -2.21. The molecule has 0 aromatic carbocycles. The molecule has 3 saturated heterocycles. The SMILES string of the molecule is O=C(N[C@H]1CN2CCC1CC2)c1ccc(-c2ccncc2F)o1. The molecule has 1 atom stereocenters. The molecule has 5 rings (SSSR count). The second-order valence-corrected chi connectivity index (χ2v) is 6.24. The molecular weight excluding hydrogens is 297 g/mol. The first kappa shape index (κ1) is 14.4. The first-order valence-corrected chi connectivity index (χ1v) is 7.93. The van der Waals surface area contributed by atoms with Gasteiger partial charge in [0.05, 0.1) is 11.8 Å². The minimum absolute atomic E-state index is 0.177. The van der Waals surface area contributed by atoms with E-state index in [1.807, 2.05) is 0 Å². The summed E-state index contributed by atoms with van der Waals surface area (Å²) in [6.45, 7) is 3.16. The number of hydrogen-bond donors (Lipinski definition) is 1. The van der Waals surface area contributed by atoms with Crippen LogP contribution in [-0.4, -0.2) is 41.5 Å². The predicted octanol–water partition coefficient (Wildman–Crippen LogP) is 2.30. The summed E-state index contributed by atoms with van der Waals surface area (Å²) >= 11 is 0. The third-order valence-electron chi connectivity index (χ3n) is 4.84. The lowest BCUT2D eigenvalue weighted by atomic mass is 9.84. The van der Waals surface area contributed by atoms with E-state index in [0.717, 1.165) is 38.7 Å². The fourth-order valence-electron chi connectivity index (χ4n) is 3.55. The molecule has 0 spiro atoms. The van der Waals surface area contributed by atoms with Crippen molar-refractivity contribution in [1.82, 2.24) is 15.2 Å². The zero-order chi connectivity index (χ0) is 15.8. The van der Waals surface area contributed by atoms with E-state index in [9.17, 15) is 9.18 Å². The summed E-state index contributed by atoms with van der Waals surface area (Å²) in [4.78, 5) is 18.5. The number of fused-ring (bicyclic) bond motifs is 3. The number of furan rings is 1. The second-order valence-electron chi connectivity index (χ2n) is 6.24. The Bertz CT molecular complexity index is 722. The summed E-state index contributed by atoms with van der Waals surface area (Å²) in [5.41, 5.74) is 0.307. The van der Waals surface area contributed by atoms with Gasteiger partial charge in [-0.25, -0.2) is 4.39 Å². The molecule has 0 radical (unpaired) electrons. The highest BCUT2D eigenvalue weighted by molar-refractivity contribution is 5.92. The fraction of sp³-hybridized carbons (Fsp3) is 0.412. The number of amides is 1. The number of carbonyl (C=O) groups excluding carboxylic acids is 1. The molecule has 1 amide bonds. The van der Waals surface area contributed by atoms with E-state index in [1.54, 1.807) is 12.1 Å². The van der Waals surface area contributed by atoms with Gasteiger partial charge in [0.15, 0.2) is 11.6 Å². The molecule has 5 heterocycles. The predicted molar refractivity (Wildman–Crippen MR) is 82.3 cm³/mol. The van der Waals surface area contributed by atoms with Crippen LogP contribution in [0.5, 0.6) is 0 Å². The quantitative estimate of drug-likeness (QED) is 0.944. The first-order chi connectivity index (χ1) is 11.2. The number of rotatable bonds is 3. The Labute approximate surface area is 133 Å². The normalized spacial score (nSPS) is 26.2. The van der Waals surface area contributed by atoms with Gasteiger partial charge in [-0.3, -0.25) is 9.78 Å². The zero-order valence-electron chi connectivity index (χ0n) is 12.7. The average molecular weight is 315 g/mol.